The van der Waals surface area contributed by atoms with Crippen molar-refractivity contribution in [1.29, 1.82) is 0 Å². The lowest BCUT2D eigenvalue weighted by Gasteiger charge is -2.11. The predicted molar refractivity (Wildman–Crippen MR) is 67.6 cm³/mol. The summed E-state index contributed by atoms with van der Waals surface area (Å²) >= 11 is 0. The van der Waals surface area contributed by atoms with Gasteiger partial charge in [-0.05, 0) is 13.3 Å². The first-order valence-electron chi connectivity index (χ1n) is 6.49. The van der Waals surface area contributed by atoms with Crippen molar-refractivity contribution >= 4 is 0 Å². The number of aliphatic hydroxyl groups excluding tert-OH is 1. The van der Waals surface area contributed by atoms with E-state index in [1.807, 2.05) is 6.20 Å². The van der Waals surface area contributed by atoms with E-state index in [-0.39, 0.29) is 6.61 Å². The van der Waals surface area contributed by atoms with E-state index >= 15 is 0 Å². The van der Waals surface area contributed by atoms with Crippen LogP contribution in [0.5, 0.6) is 0 Å². The second-order valence-electron chi connectivity index (χ2n) is 4.47. The lowest BCUT2D eigenvalue weighted by Crippen LogP contribution is -2.25. The van der Waals surface area contributed by atoms with Gasteiger partial charge in [-0.15, -0.1) is 5.10 Å². The lowest BCUT2D eigenvalue weighted by atomic mass is 10.1. The van der Waals surface area contributed by atoms with Crippen LogP contribution in [0.25, 0.3) is 0 Å². The molecule has 0 saturated carbocycles. The molecule has 1 aromatic rings. The molecule has 1 rings (SSSR count). The Morgan fingerprint density at radius 2 is 2.29 bits per heavy atom. The maximum Gasteiger partial charge on any atom is 0.0964 e. The van der Waals surface area contributed by atoms with Gasteiger partial charge in [-0.2, -0.15) is 0 Å². The number of hydrogen-bond acceptors (Lipinski definition) is 4. The summed E-state index contributed by atoms with van der Waals surface area (Å²) < 4.78 is 1.67. The second kappa shape index (κ2) is 8.20. The number of nitrogens with one attached hydrogen (secondary N) is 1. The Kier molecular flexibility index (Phi) is 6.81. The summed E-state index contributed by atoms with van der Waals surface area (Å²) in [5.74, 6) is 0. The van der Waals surface area contributed by atoms with Gasteiger partial charge in [0.15, 0.2) is 0 Å². The lowest BCUT2D eigenvalue weighted by molar-refractivity contribution is 0.268. The number of nitrogens with zero attached hydrogens (tertiary/aromatic N) is 3. The highest BCUT2D eigenvalue weighted by molar-refractivity contribution is 4.91. The molecule has 5 heteroatoms. The highest BCUT2D eigenvalue weighted by Gasteiger charge is 2.04. The zero-order valence-corrected chi connectivity index (χ0v) is 10.9. The Balaban J connectivity index is 2.19. The summed E-state index contributed by atoms with van der Waals surface area (Å²) in [6.07, 6.45) is 6.93. The average molecular weight is 240 g/mol. The topological polar surface area (TPSA) is 63.0 Å². The summed E-state index contributed by atoms with van der Waals surface area (Å²) in [5, 5.41) is 20.2. The average Bonchev–Trinajstić information content (AvgIpc) is 2.75. The van der Waals surface area contributed by atoms with E-state index < -0.39 is 0 Å². The van der Waals surface area contributed by atoms with Crippen molar-refractivity contribution in [3.05, 3.63) is 11.9 Å². The third-order valence-electron chi connectivity index (χ3n) is 2.79. The van der Waals surface area contributed by atoms with Crippen molar-refractivity contribution in [2.75, 3.05) is 6.61 Å². The molecular weight excluding hydrogens is 216 g/mol. The van der Waals surface area contributed by atoms with E-state index in [1.54, 1.807) is 4.68 Å². The number of hydrogen-bond donors (Lipinski definition) is 2. The van der Waals surface area contributed by atoms with Gasteiger partial charge in [-0.25, -0.2) is 4.68 Å². The van der Waals surface area contributed by atoms with Crippen molar-refractivity contribution in [3.8, 4) is 0 Å². The van der Waals surface area contributed by atoms with Crippen molar-refractivity contribution in [2.24, 2.45) is 0 Å². The Labute approximate surface area is 103 Å². The first-order chi connectivity index (χ1) is 8.26. The van der Waals surface area contributed by atoms with Gasteiger partial charge in [0.05, 0.1) is 18.8 Å². The van der Waals surface area contributed by atoms with Gasteiger partial charge in [-0.3, -0.25) is 0 Å². The van der Waals surface area contributed by atoms with Gasteiger partial charge in [0.2, 0.25) is 0 Å². The normalized spacial score (nSPS) is 12.9. The van der Waals surface area contributed by atoms with Crippen LogP contribution in [0, 0.1) is 0 Å². The van der Waals surface area contributed by atoms with E-state index in [0.717, 1.165) is 12.2 Å². The maximum absolute atomic E-state index is 8.76. The van der Waals surface area contributed by atoms with Crippen molar-refractivity contribution in [1.82, 2.24) is 20.3 Å². The van der Waals surface area contributed by atoms with E-state index in [9.17, 15) is 0 Å². The Morgan fingerprint density at radius 1 is 1.47 bits per heavy atom. The molecule has 1 heterocycles. The fourth-order valence-corrected chi connectivity index (χ4v) is 1.71. The summed E-state index contributed by atoms with van der Waals surface area (Å²) in [7, 11) is 0. The molecule has 1 unspecified atom stereocenters. The maximum atomic E-state index is 8.76. The fourth-order valence-electron chi connectivity index (χ4n) is 1.71. The molecule has 0 amide bonds. The quantitative estimate of drug-likeness (QED) is 0.639. The molecule has 1 atom stereocenters. The van der Waals surface area contributed by atoms with Gasteiger partial charge in [0, 0.05) is 18.8 Å². The summed E-state index contributed by atoms with van der Waals surface area (Å²) in [4.78, 5) is 0. The minimum Gasteiger partial charge on any atom is -0.394 e. The van der Waals surface area contributed by atoms with E-state index in [2.05, 4.69) is 29.5 Å². The first kappa shape index (κ1) is 14.1. The minimum absolute atomic E-state index is 0.101. The van der Waals surface area contributed by atoms with Crippen LogP contribution in [-0.2, 0) is 13.1 Å². The molecule has 0 spiro atoms. The van der Waals surface area contributed by atoms with E-state index in [1.165, 1.54) is 25.7 Å². The predicted octanol–water partition coefficient (Wildman–Crippen LogP) is 1.33. The van der Waals surface area contributed by atoms with Crippen LogP contribution in [-0.4, -0.2) is 32.7 Å². The van der Waals surface area contributed by atoms with Crippen molar-refractivity contribution < 1.29 is 5.11 Å². The largest absolute Gasteiger partial charge is 0.394 e. The second-order valence-corrected chi connectivity index (χ2v) is 4.47. The van der Waals surface area contributed by atoms with Crippen LogP contribution in [0.2, 0.25) is 0 Å². The molecule has 2 N–H and O–H groups in total. The summed E-state index contributed by atoms with van der Waals surface area (Å²) in [6.45, 7) is 5.78. The summed E-state index contributed by atoms with van der Waals surface area (Å²) in [6, 6.07) is 0.518. The molecule has 98 valence electrons. The third-order valence-corrected chi connectivity index (χ3v) is 2.79. The van der Waals surface area contributed by atoms with Crippen LogP contribution in [0.1, 0.15) is 45.2 Å². The molecule has 17 heavy (non-hydrogen) atoms. The number of unbranched alkanes of at least 4 members (excludes halogenated alkanes) is 2. The molecule has 0 fully saturated rings. The number of rotatable bonds is 9. The Hall–Kier alpha value is -0.940. The monoisotopic (exact) mass is 240 g/mol. The van der Waals surface area contributed by atoms with E-state index in [4.69, 9.17) is 5.11 Å². The van der Waals surface area contributed by atoms with Gasteiger partial charge < -0.3 is 10.4 Å². The van der Waals surface area contributed by atoms with Gasteiger partial charge in [0.1, 0.15) is 0 Å². The fraction of sp³-hybridized carbons (Fsp3) is 0.833. The number of aliphatic hydroxyl groups is 1. The SMILES string of the molecule is CCCCCC(C)NCc1cn(CCO)nn1. The standard InChI is InChI=1S/C12H24N4O/c1-3-4-5-6-11(2)13-9-12-10-16(7-8-17)15-14-12/h10-11,13,17H,3-9H2,1-2H3. The molecule has 5 nitrogen and oxygen atoms in total. The molecule has 0 aromatic carbocycles. The molecule has 0 bridgehead atoms. The molecule has 0 saturated heterocycles. The van der Waals surface area contributed by atoms with Crippen molar-refractivity contribution in [2.45, 2.75) is 58.7 Å². The first-order valence-corrected chi connectivity index (χ1v) is 6.49. The minimum atomic E-state index is 0.101. The van der Waals surface area contributed by atoms with Gasteiger partial charge in [-0.1, -0.05) is 31.4 Å². The molecule has 0 radical (unpaired) electrons. The van der Waals surface area contributed by atoms with Crippen molar-refractivity contribution in [3.63, 3.8) is 0 Å². The smallest absolute Gasteiger partial charge is 0.0964 e. The van der Waals surface area contributed by atoms with Crippen LogP contribution >= 0.6 is 0 Å². The van der Waals surface area contributed by atoms with Crippen LogP contribution in [0.4, 0.5) is 0 Å². The Bertz CT molecular complexity index is 300. The van der Waals surface area contributed by atoms with Crippen LogP contribution in [0.15, 0.2) is 6.20 Å². The van der Waals surface area contributed by atoms with E-state index in [0.29, 0.717) is 12.6 Å². The molecule has 0 aliphatic heterocycles. The van der Waals surface area contributed by atoms with Gasteiger partial charge in [0.25, 0.3) is 0 Å². The molecule has 0 aliphatic carbocycles. The number of aromatic nitrogens is 3. The molecule has 0 aliphatic rings. The van der Waals surface area contributed by atoms with Crippen LogP contribution < -0.4 is 5.32 Å². The van der Waals surface area contributed by atoms with Gasteiger partial charge >= 0.3 is 0 Å². The molecular formula is C12H24N4O. The highest BCUT2D eigenvalue weighted by atomic mass is 16.3. The molecule has 1 aromatic heterocycles. The third kappa shape index (κ3) is 5.79. The van der Waals surface area contributed by atoms with Crippen LogP contribution in [0.3, 0.4) is 0 Å². The summed E-state index contributed by atoms with van der Waals surface area (Å²) in [5.41, 5.74) is 0.931. The zero-order valence-electron chi connectivity index (χ0n) is 10.9. The Morgan fingerprint density at radius 3 is 3.00 bits per heavy atom. The highest BCUT2D eigenvalue weighted by Crippen LogP contribution is 2.03. The zero-order chi connectivity index (χ0) is 12.5.